The maximum atomic E-state index is 12.9. The van der Waals surface area contributed by atoms with Gasteiger partial charge in [-0.1, -0.05) is 17.7 Å². The van der Waals surface area contributed by atoms with Crippen LogP contribution in [0.15, 0.2) is 29.7 Å². The molecule has 0 spiro atoms. The lowest BCUT2D eigenvalue weighted by Crippen LogP contribution is -2.35. The van der Waals surface area contributed by atoms with Gasteiger partial charge in [-0.3, -0.25) is 4.68 Å². The van der Waals surface area contributed by atoms with E-state index < -0.39 is 10.0 Å². The van der Waals surface area contributed by atoms with Gasteiger partial charge < -0.3 is 0 Å². The minimum Gasteiger partial charge on any atom is -0.272 e. The summed E-state index contributed by atoms with van der Waals surface area (Å²) in [6, 6.07) is 0. The fraction of sp³-hybridized carbons (Fsp3) is 0.353. The molecule has 0 N–H and O–H groups in total. The molecule has 0 unspecified atom stereocenters. The van der Waals surface area contributed by atoms with Gasteiger partial charge in [-0.15, -0.1) is 0 Å². The summed E-state index contributed by atoms with van der Waals surface area (Å²) in [4.78, 5) is 4.41. The standard InChI is InChI=1S/C17H19ClN6O2S/c1-11-14(9-24-17(16(11)18)19-10-21-24)13-4-6-23(7-5-13)27(25,26)15-8-20-22(3)12(15)2/h4,8-10H,5-7H2,1-3H3. The number of nitrogens with zero attached hydrogens (tertiary/aromatic N) is 6. The van der Waals surface area contributed by atoms with Crippen molar-refractivity contribution in [2.45, 2.75) is 25.2 Å². The molecule has 0 aromatic carbocycles. The van der Waals surface area contributed by atoms with Crippen molar-refractivity contribution in [2.24, 2.45) is 7.05 Å². The van der Waals surface area contributed by atoms with Crippen molar-refractivity contribution in [1.29, 1.82) is 0 Å². The van der Waals surface area contributed by atoms with Crippen molar-refractivity contribution in [3.05, 3.63) is 46.6 Å². The molecule has 3 aromatic heterocycles. The molecule has 1 aliphatic rings. The van der Waals surface area contributed by atoms with Crippen LogP contribution in [0.2, 0.25) is 5.02 Å². The number of sulfonamides is 1. The predicted octanol–water partition coefficient (Wildman–Crippen LogP) is 2.21. The third-order valence-corrected chi connectivity index (χ3v) is 7.50. The molecular formula is C17H19ClN6O2S. The zero-order valence-corrected chi connectivity index (χ0v) is 16.8. The molecule has 8 nitrogen and oxygen atoms in total. The maximum Gasteiger partial charge on any atom is 0.246 e. The van der Waals surface area contributed by atoms with E-state index in [1.54, 1.807) is 23.2 Å². The quantitative estimate of drug-likeness (QED) is 0.665. The van der Waals surface area contributed by atoms with Gasteiger partial charge in [-0.2, -0.15) is 14.5 Å². The molecule has 0 saturated heterocycles. The molecule has 4 heterocycles. The number of pyridine rings is 1. The fourth-order valence-corrected chi connectivity index (χ4v) is 5.12. The zero-order valence-electron chi connectivity index (χ0n) is 15.2. The van der Waals surface area contributed by atoms with Gasteiger partial charge >= 0.3 is 0 Å². The van der Waals surface area contributed by atoms with Gasteiger partial charge in [0.2, 0.25) is 10.0 Å². The molecule has 0 fully saturated rings. The van der Waals surface area contributed by atoms with Gasteiger partial charge in [0, 0.05) is 31.9 Å². The van der Waals surface area contributed by atoms with Crippen LogP contribution in [0.25, 0.3) is 11.2 Å². The second-order valence-corrected chi connectivity index (χ2v) is 8.85. The van der Waals surface area contributed by atoms with Crippen LogP contribution in [0.4, 0.5) is 0 Å². The van der Waals surface area contributed by atoms with Crippen LogP contribution in [0.1, 0.15) is 23.2 Å². The van der Waals surface area contributed by atoms with Crippen molar-refractivity contribution in [3.63, 3.8) is 0 Å². The Labute approximate surface area is 162 Å². The summed E-state index contributed by atoms with van der Waals surface area (Å²) >= 11 is 6.43. The number of halogens is 1. The average molecular weight is 407 g/mol. The molecule has 10 heteroatoms. The first-order chi connectivity index (χ1) is 12.8. The van der Waals surface area contributed by atoms with Crippen molar-refractivity contribution >= 4 is 32.8 Å². The van der Waals surface area contributed by atoms with Gasteiger partial charge in [0.05, 0.1) is 16.9 Å². The van der Waals surface area contributed by atoms with Crippen molar-refractivity contribution < 1.29 is 8.42 Å². The monoisotopic (exact) mass is 406 g/mol. The molecule has 3 aromatic rings. The molecule has 1 aliphatic heterocycles. The molecule has 142 valence electrons. The average Bonchev–Trinajstić information content (AvgIpc) is 3.26. The van der Waals surface area contributed by atoms with Crippen LogP contribution in [0.5, 0.6) is 0 Å². The van der Waals surface area contributed by atoms with E-state index >= 15 is 0 Å². The number of aryl methyl sites for hydroxylation is 1. The van der Waals surface area contributed by atoms with E-state index in [4.69, 9.17) is 11.6 Å². The molecule has 4 rings (SSSR count). The Morgan fingerprint density at radius 2 is 2.00 bits per heavy atom. The van der Waals surface area contributed by atoms with E-state index in [2.05, 4.69) is 15.2 Å². The normalized spacial score (nSPS) is 16.1. The Kier molecular flexibility index (Phi) is 4.32. The highest BCUT2D eigenvalue weighted by molar-refractivity contribution is 7.89. The molecule has 0 radical (unpaired) electrons. The molecular weight excluding hydrogens is 388 g/mol. The SMILES string of the molecule is Cc1c(C2=CCN(S(=O)(=O)c3cnn(C)c3C)CC2)cn2ncnc2c1Cl. The minimum absolute atomic E-state index is 0.255. The van der Waals surface area contributed by atoms with Crippen LogP contribution in [0, 0.1) is 13.8 Å². The molecule has 27 heavy (non-hydrogen) atoms. The van der Waals surface area contributed by atoms with Crippen LogP contribution < -0.4 is 0 Å². The van der Waals surface area contributed by atoms with Gasteiger partial charge in [0.15, 0.2) is 5.65 Å². The maximum absolute atomic E-state index is 12.9. The largest absolute Gasteiger partial charge is 0.272 e. The molecule has 0 atom stereocenters. The Balaban J connectivity index is 1.66. The second-order valence-electron chi connectivity index (χ2n) is 6.57. The third-order valence-electron chi connectivity index (χ3n) is 5.08. The summed E-state index contributed by atoms with van der Waals surface area (Å²) in [5, 5.41) is 8.77. The number of fused-ring (bicyclic) bond motifs is 1. The minimum atomic E-state index is -3.57. The Morgan fingerprint density at radius 1 is 1.22 bits per heavy atom. The van der Waals surface area contributed by atoms with Crippen LogP contribution in [-0.4, -0.2) is 50.2 Å². The highest BCUT2D eigenvalue weighted by Gasteiger charge is 2.30. The van der Waals surface area contributed by atoms with Crippen molar-refractivity contribution in [3.8, 4) is 0 Å². The van der Waals surface area contributed by atoms with E-state index in [1.807, 2.05) is 19.2 Å². The highest BCUT2D eigenvalue weighted by Crippen LogP contribution is 2.32. The Hall–Kier alpha value is -2.23. The van der Waals surface area contributed by atoms with Crippen molar-refractivity contribution in [1.82, 2.24) is 28.7 Å². The van der Waals surface area contributed by atoms with Gasteiger partial charge in [0.25, 0.3) is 0 Å². The van der Waals surface area contributed by atoms with E-state index in [0.29, 0.717) is 35.9 Å². The number of rotatable bonds is 3. The Morgan fingerprint density at radius 3 is 2.63 bits per heavy atom. The van der Waals surface area contributed by atoms with E-state index in [1.165, 1.54) is 16.8 Å². The highest BCUT2D eigenvalue weighted by atomic mass is 35.5. The number of aromatic nitrogens is 5. The summed E-state index contributed by atoms with van der Waals surface area (Å²) in [5.74, 6) is 0. The Bertz CT molecular complexity index is 1180. The summed E-state index contributed by atoms with van der Waals surface area (Å²) in [5.41, 5.74) is 4.19. The summed E-state index contributed by atoms with van der Waals surface area (Å²) in [6.45, 7) is 4.40. The molecule has 0 bridgehead atoms. The smallest absolute Gasteiger partial charge is 0.246 e. The summed E-state index contributed by atoms with van der Waals surface area (Å²) in [7, 11) is -1.84. The van der Waals surface area contributed by atoms with E-state index in [0.717, 1.165) is 16.7 Å². The van der Waals surface area contributed by atoms with Crippen LogP contribution in [0.3, 0.4) is 0 Å². The second kappa shape index (κ2) is 6.43. The van der Waals surface area contributed by atoms with Crippen LogP contribution >= 0.6 is 11.6 Å². The lowest BCUT2D eigenvalue weighted by molar-refractivity contribution is 0.440. The molecule has 0 amide bonds. The predicted molar refractivity (Wildman–Crippen MR) is 102 cm³/mol. The third kappa shape index (κ3) is 2.86. The summed E-state index contributed by atoms with van der Waals surface area (Å²) in [6.07, 6.45) is 7.30. The van der Waals surface area contributed by atoms with E-state index in [9.17, 15) is 8.42 Å². The number of hydrogen-bond donors (Lipinski definition) is 0. The lowest BCUT2D eigenvalue weighted by atomic mass is 9.98. The van der Waals surface area contributed by atoms with Gasteiger partial charge in [-0.25, -0.2) is 17.9 Å². The fourth-order valence-electron chi connectivity index (χ4n) is 3.31. The first-order valence-corrected chi connectivity index (χ1v) is 10.3. The van der Waals surface area contributed by atoms with Gasteiger partial charge in [-0.05, 0) is 31.4 Å². The molecule has 0 saturated carbocycles. The first kappa shape index (κ1) is 18.1. The van der Waals surface area contributed by atoms with E-state index in [-0.39, 0.29) is 4.90 Å². The first-order valence-electron chi connectivity index (χ1n) is 8.47. The lowest BCUT2D eigenvalue weighted by Gasteiger charge is -2.26. The summed E-state index contributed by atoms with van der Waals surface area (Å²) < 4.78 is 30.5. The molecule has 0 aliphatic carbocycles. The topological polar surface area (TPSA) is 85.4 Å². The number of hydrogen-bond acceptors (Lipinski definition) is 5. The van der Waals surface area contributed by atoms with Crippen LogP contribution in [-0.2, 0) is 17.1 Å². The van der Waals surface area contributed by atoms with Crippen molar-refractivity contribution in [2.75, 3.05) is 13.1 Å². The zero-order chi connectivity index (χ0) is 19.3. The van der Waals surface area contributed by atoms with Gasteiger partial charge in [0.1, 0.15) is 11.2 Å².